The lowest BCUT2D eigenvalue weighted by molar-refractivity contribution is 1.21. The molecule has 0 fully saturated rings. The summed E-state index contributed by atoms with van der Waals surface area (Å²) < 4.78 is 0. The third-order valence-electron chi connectivity index (χ3n) is 8.66. The zero-order valence-corrected chi connectivity index (χ0v) is 27.5. The van der Waals surface area contributed by atoms with Crippen LogP contribution in [0.5, 0.6) is 0 Å². The number of aryl methyl sites for hydroxylation is 7. The standard InChI is InChI=1S/C43H42N2/c1-29-8-17-38(18-9-29)44(41-23-10-30(2)26-33(41)5)39-19-13-36(14-20-39)37-15-21-40(22-16-37)45(42-24-11-31(3)27-34(42)6)43-25-12-32(4)28-35(43)7/h8-28H,1-7H3. The van der Waals surface area contributed by atoms with Crippen LogP contribution in [0.1, 0.15) is 38.9 Å². The Balaban J connectivity index is 1.36. The van der Waals surface area contributed by atoms with Gasteiger partial charge in [0.05, 0.1) is 0 Å². The van der Waals surface area contributed by atoms with E-state index >= 15 is 0 Å². The Morgan fingerprint density at radius 2 is 0.578 bits per heavy atom. The van der Waals surface area contributed by atoms with Crippen molar-refractivity contribution < 1.29 is 0 Å². The van der Waals surface area contributed by atoms with Crippen molar-refractivity contribution in [2.24, 2.45) is 0 Å². The zero-order chi connectivity index (χ0) is 31.7. The minimum atomic E-state index is 1.14. The summed E-state index contributed by atoms with van der Waals surface area (Å²) in [6.07, 6.45) is 0. The lowest BCUT2D eigenvalue weighted by Crippen LogP contribution is -2.13. The van der Waals surface area contributed by atoms with E-state index in [-0.39, 0.29) is 0 Å². The first kappa shape index (κ1) is 30.0. The van der Waals surface area contributed by atoms with E-state index in [0.29, 0.717) is 0 Å². The van der Waals surface area contributed by atoms with E-state index in [1.165, 1.54) is 67.1 Å². The molecule has 224 valence electrons. The predicted molar refractivity (Wildman–Crippen MR) is 194 cm³/mol. The fraction of sp³-hybridized carbons (Fsp3) is 0.163. The maximum atomic E-state index is 2.39. The number of benzene rings is 6. The Morgan fingerprint density at radius 3 is 0.933 bits per heavy atom. The molecule has 6 rings (SSSR count). The van der Waals surface area contributed by atoms with Crippen molar-refractivity contribution in [3.05, 3.63) is 166 Å². The SMILES string of the molecule is Cc1ccc(N(c2ccc(-c3ccc(N(c4ccc(C)cc4C)c4ccc(C)cc4C)cc3)cc2)c2ccc(C)cc2C)cc1. The van der Waals surface area contributed by atoms with Gasteiger partial charge < -0.3 is 9.80 Å². The highest BCUT2D eigenvalue weighted by Crippen LogP contribution is 2.41. The first-order valence-electron chi connectivity index (χ1n) is 15.8. The summed E-state index contributed by atoms with van der Waals surface area (Å²) >= 11 is 0. The maximum Gasteiger partial charge on any atom is 0.0491 e. The normalized spacial score (nSPS) is 11.0. The van der Waals surface area contributed by atoms with Crippen LogP contribution in [-0.2, 0) is 0 Å². The van der Waals surface area contributed by atoms with E-state index < -0.39 is 0 Å². The second-order valence-corrected chi connectivity index (χ2v) is 12.5. The minimum Gasteiger partial charge on any atom is -0.310 e. The molecular weight excluding hydrogens is 544 g/mol. The molecule has 0 aromatic heterocycles. The Bertz CT molecular complexity index is 1900. The third-order valence-corrected chi connectivity index (χ3v) is 8.66. The Labute approximate surface area is 269 Å². The van der Waals surface area contributed by atoms with Crippen LogP contribution in [0.25, 0.3) is 11.1 Å². The molecule has 0 aliphatic heterocycles. The number of anilines is 6. The van der Waals surface area contributed by atoms with Gasteiger partial charge in [-0.05, 0) is 131 Å². The minimum absolute atomic E-state index is 1.14. The van der Waals surface area contributed by atoms with Gasteiger partial charge in [-0.25, -0.2) is 0 Å². The molecule has 2 heteroatoms. The summed E-state index contributed by atoms with van der Waals surface area (Å²) in [6.45, 7) is 15.2. The Morgan fingerprint density at radius 1 is 0.289 bits per heavy atom. The molecule has 0 spiro atoms. The van der Waals surface area contributed by atoms with Crippen LogP contribution in [-0.4, -0.2) is 0 Å². The highest BCUT2D eigenvalue weighted by molar-refractivity contribution is 5.83. The molecule has 0 unspecified atom stereocenters. The lowest BCUT2D eigenvalue weighted by atomic mass is 10.0. The van der Waals surface area contributed by atoms with E-state index in [9.17, 15) is 0 Å². The smallest absolute Gasteiger partial charge is 0.0491 e. The van der Waals surface area contributed by atoms with Gasteiger partial charge in [0.25, 0.3) is 0 Å². The number of hydrogen-bond acceptors (Lipinski definition) is 2. The van der Waals surface area contributed by atoms with Crippen molar-refractivity contribution >= 4 is 34.1 Å². The van der Waals surface area contributed by atoms with Crippen molar-refractivity contribution in [2.45, 2.75) is 48.5 Å². The first-order chi connectivity index (χ1) is 21.7. The van der Waals surface area contributed by atoms with Crippen LogP contribution in [0.4, 0.5) is 34.1 Å². The summed E-state index contributed by atoms with van der Waals surface area (Å²) in [5.74, 6) is 0. The fourth-order valence-electron chi connectivity index (χ4n) is 6.30. The second kappa shape index (κ2) is 12.5. The molecule has 0 aliphatic rings. The molecule has 0 amide bonds. The van der Waals surface area contributed by atoms with Crippen LogP contribution in [0.15, 0.2) is 127 Å². The Hall–Kier alpha value is -5.08. The van der Waals surface area contributed by atoms with Gasteiger partial charge in [-0.3, -0.25) is 0 Å². The van der Waals surface area contributed by atoms with Gasteiger partial charge in [0.15, 0.2) is 0 Å². The Kier molecular flexibility index (Phi) is 8.32. The van der Waals surface area contributed by atoms with Gasteiger partial charge in [-0.1, -0.05) is 95.1 Å². The molecule has 6 aromatic rings. The summed E-state index contributed by atoms with van der Waals surface area (Å²) in [7, 11) is 0. The molecule has 0 radical (unpaired) electrons. The summed E-state index contributed by atoms with van der Waals surface area (Å²) in [5, 5.41) is 0. The second-order valence-electron chi connectivity index (χ2n) is 12.5. The number of hydrogen-bond donors (Lipinski definition) is 0. The maximum absolute atomic E-state index is 2.39. The van der Waals surface area contributed by atoms with E-state index in [1.54, 1.807) is 0 Å². The summed E-state index contributed by atoms with van der Waals surface area (Å²) in [4.78, 5) is 4.74. The van der Waals surface area contributed by atoms with Crippen LogP contribution >= 0.6 is 0 Å². The number of rotatable bonds is 7. The van der Waals surface area contributed by atoms with E-state index in [2.05, 4.69) is 186 Å². The molecule has 0 aliphatic carbocycles. The van der Waals surface area contributed by atoms with E-state index in [1.807, 2.05) is 0 Å². The van der Waals surface area contributed by atoms with Gasteiger partial charge >= 0.3 is 0 Å². The van der Waals surface area contributed by atoms with Crippen molar-refractivity contribution in [1.29, 1.82) is 0 Å². The fourth-order valence-corrected chi connectivity index (χ4v) is 6.30. The molecule has 2 nitrogen and oxygen atoms in total. The highest BCUT2D eigenvalue weighted by atomic mass is 15.1. The third kappa shape index (κ3) is 6.28. The molecule has 6 aromatic carbocycles. The average Bonchev–Trinajstić information content (AvgIpc) is 3.02. The van der Waals surface area contributed by atoms with Crippen LogP contribution in [0, 0.1) is 48.5 Å². The molecule has 0 heterocycles. The molecule has 0 bridgehead atoms. The molecule has 45 heavy (non-hydrogen) atoms. The zero-order valence-electron chi connectivity index (χ0n) is 27.5. The van der Waals surface area contributed by atoms with Crippen molar-refractivity contribution in [2.75, 3.05) is 9.80 Å². The van der Waals surface area contributed by atoms with Gasteiger partial charge in [0, 0.05) is 34.1 Å². The molecule has 0 saturated heterocycles. The molecule has 0 atom stereocenters. The van der Waals surface area contributed by atoms with Crippen LogP contribution in [0.3, 0.4) is 0 Å². The number of nitrogens with zero attached hydrogens (tertiary/aromatic N) is 2. The lowest BCUT2D eigenvalue weighted by Gasteiger charge is -2.29. The average molecular weight is 587 g/mol. The van der Waals surface area contributed by atoms with Crippen molar-refractivity contribution in [1.82, 2.24) is 0 Å². The molecule has 0 saturated carbocycles. The summed E-state index contributed by atoms with van der Waals surface area (Å²) in [6, 6.07) is 46.8. The van der Waals surface area contributed by atoms with Crippen LogP contribution < -0.4 is 9.80 Å². The van der Waals surface area contributed by atoms with Gasteiger partial charge in [0.2, 0.25) is 0 Å². The van der Waals surface area contributed by atoms with Gasteiger partial charge in [-0.15, -0.1) is 0 Å². The van der Waals surface area contributed by atoms with E-state index in [4.69, 9.17) is 0 Å². The highest BCUT2D eigenvalue weighted by Gasteiger charge is 2.18. The van der Waals surface area contributed by atoms with Crippen molar-refractivity contribution in [3.8, 4) is 11.1 Å². The predicted octanol–water partition coefficient (Wildman–Crippen LogP) is 12.5. The van der Waals surface area contributed by atoms with Gasteiger partial charge in [0.1, 0.15) is 0 Å². The first-order valence-corrected chi connectivity index (χ1v) is 15.8. The van der Waals surface area contributed by atoms with E-state index in [0.717, 1.165) is 17.1 Å². The largest absolute Gasteiger partial charge is 0.310 e. The van der Waals surface area contributed by atoms with Gasteiger partial charge in [-0.2, -0.15) is 0 Å². The molecule has 0 N–H and O–H groups in total. The monoisotopic (exact) mass is 586 g/mol. The van der Waals surface area contributed by atoms with Crippen molar-refractivity contribution in [3.63, 3.8) is 0 Å². The quantitative estimate of drug-likeness (QED) is 0.184. The molecular formula is C43H42N2. The topological polar surface area (TPSA) is 6.48 Å². The summed E-state index contributed by atoms with van der Waals surface area (Å²) in [5.41, 5.74) is 18.3. The van der Waals surface area contributed by atoms with Crippen LogP contribution in [0.2, 0.25) is 0 Å².